The van der Waals surface area contributed by atoms with Crippen molar-refractivity contribution in [2.45, 2.75) is 96.6 Å². The van der Waals surface area contributed by atoms with Gasteiger partial charge in [0.25, 0.3) is 0 Å². The molecular weight excluding hydrogens is 681 g/mol. The molecule has 0 bridgehead atoms. The number of hydrogen-bond acceptors (Lipinski definition) is 12. The highest BCUT2D eigenvalue weighted by atomic mass is 19.4. The molecule has 0 saturated heterocycles. The third-order valence-electron chi connectivity index (χ3n) is 6.65. The molecule has 17 heteroatoms. The van der Waals surface area contributed by atoms with Crippen LogP contribution < -0.4 is 15.8 Å². The molecule has 0 amide bonds. The van der Waals surface area contributed by atoms with Gasteiger partial charge in [-0.3, -0.25) is 19.8 Å². The molecule has 0 radical (unpaired) electrons. The van der Waals surface area contributed by atoms with E-state index in [-0.39, 0.29) is 41.4 Å². The highest BCUT2D eigenvalue weighted by molar-refractivity contribution is 6.04. The molecule has 0 fully saturated rings. The van der Waals surface area contributed by atoms with Crippen LogP contribution in [-0.2, 0) is 44.6 Å². The summed E-state index contributed by atoms with van der Waals surface area (Å²) < 4.78 is 58.3. The summed E-state index contributed by atoms with van der Waals surface area (Å²) in [7, 11) is 0. The minimum Gasteiger partial charge on any atom is -0.460 e. The first kappa shape index (κ1) is 40.0. The van der Waals surface area contributed by atoms with Gasteiger partial charge < -0.3 is 34.8 Å². The standard InChI is InChI=1S/C34H39F3N4O10/c1-31(2,3)49-26(43)17-33(18-27(44)50-32(4,5)6)16-24(41-51-33)23-15-22(47-28(45)20-7-11-21(12-8-20)40-30(38)39)13-9-19(23)10-14-25(42)48-29(46)34(35,36)37/h7-9,11-13,15H,10,14,16-18H2,1-6H3,(H4,38,39,40). The number of esters is 5. The lowest BCUT2D eigenvalue weighted by Crippen LogP contribution is -2.39. The van der Waals surface area contributed by atoms with Crippen molar-refractivity contribution in [2.24, 2.45) is 10.9 Å². The van der Waals surface area contributed by atoms with Gasteiger partial charge in [0.15, 0.2) is 11.6 Å². The fourth-order valence-electron chi connectivity index (χ4n) is 4.77. The first-order chi connectivity index (χ1) is 23.4. The molecule has 0 spiro atoms. The van der Waals surface area contributed by atoms with Crippen LogP contribution in [-0.4, -0.2) is 64.5 Å². The highest BCUT2D eigenvalue weighted by Crippen LogP contribution is 2.37. The predicted molar refractivity (Wildman–Crippen MR) is 175 cm³/mol. The number of carbonyl (C=O) groups is 5. The van der Waals surface area contributed by atoms with Crippen LogP contribution in [0.2, 0.25) is 0 Å². The quantitative estimate of drug-likeness (QED) is 0.0692. The van der Waals surface area contributed by atoms with Crippen molar-refractivity contribution >= 4 is 47.2 Å². The number of rotatable bonds is 11. The van der Waals surface area contributed by atoms with Crippen molar-refractivity contribution in [1.29, 1.82) is 5.41 Å². The molecule has 1 aliphatic rings. The second kappa shape index (κ2) is 15.6. The lowest BCUT2D eigenvalue weighted by atomic mass is 9.86. The number of nitrogens with one attached hydrogen (secondary N) is 2. The molecule has 276 valence electrons. The average molecular weight is 721 g/mol. The van der Waals surface area contributed by atoms with E-state index in [0.29, 0.717) is 11.3 Å². The molecular formula is C34H39F3N4O10. The van der Waals surface area contributed by atoms with Crippen molar-refractivity contribution < 1.29 is 60.9 Å². The maximum absolute atomic E-state index is 13.0. The van der Waals surface area contributed by atoms with E-state index < -0.39 is 72.1 Å². The van der Waals surface area contributed by atoms with E-state index in [2.05, 4.69) is 15.2 Å². The van der Waals surface area contributed by atoms with E-state index in [9.17, 15) is 37.1 Å². The van der Waals surface area contributed by atoms with Crippen molar-refractivity contribution in [3.8, 4) is 5.75 Å². The average Bonchev–Trinajstić information content (AvgIpc) is 3.36. The largest absolute Gasteiger partial charge is 0.491 e. The first-order valence-electron chi connectivity index (χ1n) is 15.5. The Morgan fingerprint density at radius 1 is 0.902 bits per heavy atom. The number of oxime groups is 1. The Morgan fingerprint density at radius 2 is 1.47 bits per heavy atom. The number of halogens is 3. The Hall–Kier alpha value is -5.48. The van der Waals surface area contributed by atoms with Crippen LogP contribution in [0, 0.1) is 5.41 Å². The molecule has 0 unspecified atom stereocenters. The molecule has 2 aromatic rings. The molecule has 1 heterocycles. The van der Waals surface area contributed by atoms with E-state index in [4.69, 9.17) is 30.2 Å². The summed E-state index contributed by atoms with van der Waals surface area (Å²) in [6, 6.07) is 9.98. The molecule has 0 aromatic heterocycles. The summed E-state index contributed by atoms with van der Waals surface area (Å²) in [6.07, 6.45) is -7.34. The van der Waals surface area contributed by atoms with Crippen molar-refractivity contribution in [1.82, 2.24) is 0 Å². The molecule has 0 aliphatic carbocycles. The minimum atomic E-state index is -5.38. The number of anilines is 1. The summed E-state index contributed by atoms with van der Waals surface area (Å²) in [6.45, 7) is 9.96. The maximum Gasteiger partial charge on any atom is 0.491 e. The smallest absolute Gasteiger partial charge is 0.460 e. The van der Waals surface area contributed by atoms with Gasteiger partial charge >= 0.3 is 36.0 Å². The fourth-order valence-corrected chi connectivity index (χ4v) is 4.77. The number of hydrogen-bond donors (Lipinski definition) is 3. The number of guanidine groups is 1. The molecule has 0 atom stereocenters. The summed E-state index contributed by atoms with van der Waals surface area (Å²) in [5, 5.41) is 14.0. The lowest BCUT2D eigenvalue weighted by molar-refractivity contribution is -0.201. The summed E-state index contributed by atoms with van der Waals surface area (Å²) >= 11 is 0. The van der Waals surface area contributed by atoms with E-state index in [1.165, 1.54) is 42.5 Å². The topological polar surface area (TPSA) is 206 Å². The van der Waals surface area contributed by atoms with Gasteiger partial charge in [0.2, 0.25) is 0 Å². The Morgan fingerprint density at radius 3 is 1.98 bits per heavy atom. The summed E-state index contributed by atoms with van der Waals surface area (Å²) in [5.74, 6) is -6.62. The van der Waals surface area contributed by atoms with Crippen LogP contribution in [0.5, 0.6) is 5.75 Å². The molecule has 4 N–H and O–H groups in total. The van der Waals surface area contributed by atoms with Crippen LogP contribution in [0.25, 0.3) is 0 Å². The Bertz CT molecular complexity index is 1680. The zero-order chi connectivity index (χ0) is 38.4. The number of benzene rings is 2. The van der Waals surface area contributed by atoms with E-state index in [1.807, 2.05) is 0 Å². The molecule has 0 saturated carbocycles. The third kappa shape index (κ3) is 12.7. The number of carbonyl (C=O) groups excluding carboxylic acids is 5. The van der Waals surface area contributed by atoms with Crippen LogP contribution in [0.4, 0.5) is 18.9 Å². The first-order valence-corrected chi connectivity index (χ1v) is 15.5. The monoisotopic (exact) mass is 720 g/mol. The van der Waals surface area contributed by atoms with Crippen molar-refractivity contribution in [3.05, 3.63) is 59.2 Å². The Kier molecular flexibility index (Phi) is 12.2. The number of nitrogens with zero attached hydrogens (tertiary/aromatic N) is 1. The molecule has 51 heavy (non-hydrogen) atoms. The maximum atomic E-state index is 13.0. The van der Waals surface area contributed by atoms with E-state index in [0.717, 1.165) is 0 Å². The normalized spacial score (nSPS) is 14.0. The van der Waals surface area contributed by atoms with Crippen molar-refractivity contribution in [3.63, 3.8) is 0 Å². The zero-order valence-electron chi connectivity index (χ0n) is 28.8. The highest BCUT2D eigenvalue weighted by Gasteiger charge is 2.46. The summed E-state index contributed by atoms with van der Waals surface area (Å²) in [5.41, 5.74) is 3.19. The van der Waals surface area contributed by atoms with Gasteiger partial charge in [-0.25, -0.2) is 9.59 Å². The van der Waals surface area contributed by atoms with Crippen molar-refractivity contribution in [2.75, 3.05) is 5.32 Å². The van der Waals surface area contributed by atoms with Gasteiger partial charge in [-0.15, -0.1) is 0 Å². The van der Waals surface area contributed by atoms with Crippen LogP contribution >= 0.6 is 0 Å². The second-order valence-electron chi connectivity index (χ2n) is 13.6. The second-order valence-corrected chi connectivity index (χ2v) is 13.6. The van der Waals surface area contributed by atoms with Gasteiger partial charge in [-0.1, -0.05) is 11.2 Å². The van der Waals surface area contributed by atoms with Gasteiger partial charge in [-0.2, -0.15) is 13.2 Å². The SMILES string of the molecule is CC(C)(C)OC(=O)CC1(CC(=O)OC(C)(C)C)CC(c2cc(OC(=O)c3ccc(NC(=N)N)cc3)ccc2CCC(=O)OC(=O)C(F)(F)F)=NO1. The van der Waals surface area contributed by atoms with Gasteiger partial charge in [-0.05, 0) is 89.9 Å². The van der Waals surface area contributed by atoms with Crippen LogP contribution in [0.15, 0.2) is 47.6 Å². The zero-order valence-corrected chi connectivity index (χ0v) is 28.8. The lowest BCUT2D eigenvalue weighted by Gasteiger charge is -2.29. The number of ether oxygens (including phenoxy) is 4. The van der Waals surface area contributed by atoms with Crippen LogP contribution in [0.3, 0.4) is 0 Å². The summed E-state index contributed by atoms with van der Waals surface area (Å²) in [4.78, 5) is 68.0. The van der Waals surface area contributed by atoms with Gasteiger partial charge in [0.05, 0.1) is 30.5 Å². The Balaban J connectivity index is 1.95. The number of alkyl halides is 3. The molecule has 2 aromatic carbocycles. The molecule has 1 aliphatic heterocycles. The minimum absolute atomic E-state index is 0.0148. The third-order valence-corrected chi connectivity index (χ3v) is 6.65. The predicted octanol–water partition coefficient (Wildman–Crippen LogP) is 5.10. The fraction of sp³-hybridized carbons (Fsp3) is 0.441. The number of nitrogens with two attached hydrogens (primary N) is 1. The van der Waals surface area contributed by atoms with Gasteiger partial charge in [0.1, 0.15) is 17.0 Å². The number of aryl methyl sites for hydroxylation is 1. The molecule has 14 nitrogen and oxygen atoms in total. The van der Waals surface area contributed by atoms with E-state index >= 15 is 0 Å². The molecule has 3 rings (SSSR count). The van der Waals surface area contributed by atoms with E-state index in [1.54, 1.807) is 41.5 Å². The Labute approximate surface area is 291 Å². The van der Waals surface area contributed by atoms with Crippen LogP contribution in [0.1, 0.15) is 88.7 Å². The van der Waals surface area contributed by atoms with Gasteiger partial charge in [0, 0.05) is 17.7 Å².